The van der Waals surface area contributed by atoms with Gasteiger partial charge >= 0.3 is 0 Å². The van der Waals surface area contributed by atoms with Crippen molar-refractivity contribution in [2.75, 3.05) is 19.7 Å². The molecule has 0 radical (unpaired) electrons. The second kappa shape index (κ2) is 3.09. The highest BCUT2D eigenvalue weighted by Crippen LogP contribution is 2.14. The van der Waals surface area contributed by atoms with E-state index in [1.165, 1.54) is 0 Å². The Balaban J connectivity index is 1.93. The van der Waals surface area contributed by atoms with Crippen LogP contribution in [-0.2, 0) is 4.74 Å². The summed E-state index contributed by atoms with van der Waals surface area (Å²) in [6.45, 7) is 5.17. The van der Waals surface area contributed by atoms with E-state index in [1.807, 2.05) is 0 Å². The molecule has 0 aromatic heterocycles. The van der Waals surface area contributed by atoms with Gasteiger partial charge in [0.1, 0.15) is 0 Å². The van der Waals surface area contributed by atoms with Crippen molar-refractivity contribution in [2.24, 2.45) is 0 Å². The summed E-state index contributed by atoms with van der Waals surface area (Å²) in [6.07, 6.45) is 1.61. The molecule has 0 saturated carbocycles. The molecule has 2 N–H and O–H groups in total. The monoisotopic (exact) mass is 156 g/mol. The maximum Gasteiger partial charge on any atom is 0.0755 e. The Hall–Kier alpha value is -0.120. The zero-order valence-corrected chi connectivity index (χ0v) is 6.97. The molecule has 0 aromatic carbocycles. The van der Waals surface area contributed by atoms with Gasteiger partial charge in [-0.3, -0.25) is 0 Å². The summed E-state index contributed by atoms with van der Waals surface area (Å²) in [6, 6.07) is 1.18. The first-order valence-corrected chi connectivity index (χ1v) is 4.44. The summed E-state index contributed by atoms with van der Waals surface area (Å²) in [7, 11) is 0. The van der Waals surface area contributed by atoms with E-state index >= 15 is 0 Å². The first-order chi connectivity index (χ1) is 5.36. The molecule has 3 atom stereocenters. The molecule has 0 bridgehead atoms. The van der Waals surface area contributed by atoms with Crippen molar-refractivity contribution < 1.29 is 4.74 Å². The van der Waals surface area contributed by atoms with Crippen molar-refractivity contribution in [1.29, 1.82) is 0 Å². The molecule has 0 aromatic rings. The molecular formula is C8H16N2O. The third kappa shape index (κ3) is 1.55. The molecule has 0 unspecified atom stereocenters. The van der Waals surface area contributed by atoms with Crippen LogP contribution in [0.1, 0.15) is 13.3 Å². The van der Waals surface area contributed by atoms with E-state index in [0.29, 0.717) is 18.2 Å². The normalized spacial score (nSPS) is 45.0. The fourth-order valence-corrected chi connectivity index (χ4v) is 1.90. The van der Waals surface area contributed by atoms with Crippen LogP contribution in [0.15, 0.2) is 0 Å². The standard InChI is InChI=1S/C8H16N2O/c1-6-4-8-7(5-10-6)9-2-3-11-8/h6-10H,2-5H2,1H3/t6-,7-,8+/m0/s1. The van der Waals surface area contributed by atoms with E-state index in [1.54, 1.807) is 0 Å². The van der Waals surface area contributed by atoms with Gasteiger partial charge in [0.2, 0.25) is 0 Å². The molecule has 2 rings (SSSR count). The van der Waals surface area contributed by atoms with Crippen LogP contribution in [0, 0.1) is 0 Å². The Morgan fingerprint density at radius 3 is 3.18 bits per heavy atom. The van der Waals surface area contributed by atoms with Crippen LogP contribution in [-0.4, -0.2) is 37.9 Å². The van der Waals surface area contributed by atoms with Crippen molar-refractivity contribution in [3.05, 3.63) is 0 Å². The van der Waals surface area contributed by atoms with Crippen LogP contribution in [0.5, 0.6) is 0 Å². The van der Waals surface area contributed by atoms with E-state index in [9.17, 15) is 0 Å². The SMILES string of the molecule is C[C@H]1C[C@H]2OCCN[C@H]2CN1. The quantitative estimate of drug-likeness (QED) is 0.506. The molecule has 3 heteroatoms. The van der Waals surface area contributed by atoms with Gasteiger partial charge < -0.3 is 15.4 Å². The highest BCUT2D eigenvalue weighted by atomic mass is 16.5. The van der Waals surface area contributed by atoms with E-state index < -0.39 is 0 Å². The number of piperidine rings is 1. The molecule has 64 valence electrons. The lowest BCUT2D eigenvalue weighted by Gasteiger charge is -2.39. The van der Waals surface area contributed by atoms with E-state index in [-0.39, 0.29) is 0 Å². The van der Waals surface area contributed by atoms with Crippen LogP contribution in [0.4, 0.5) is 0 Å². The second-order valence-corrected chi connectivity index (χ2v) is 3.51. The Morgan fingerprint density at radius 1 is 1.36 bits per heavy atom. The summed E-state index contributed by atoms with van der Waals surface area (Å²) >= 11 is 0. The number of hydrogen-bond acceptors (Lipinski definition) is 3. The summed E-state index contributed by atoms with van der Waals surface area (Å²) in [5.74, 6) is 0. The lowest BCUT2D eigenvalue weighted by Crippen LogP contribution is -2.59. The van der Waals surface area contributed by atoms with Crippen LogP contribution in [0.2, 0.25) is 0 Å². The molecule has 2 saturated heterocycles. The van der Waals surface area contributed by atoms with Crippen molar-refractivity contribution in [3.63, 3.8) is 0 Å². The topological polar surface area (TPSA) is 33.3 Å². The lowest BCUT2D eigenvalue weighted by molar-refractivity contribution is -0.0262. The van der Waals surface area contributed by atoms with Gasteiger partial charge in [-0.05, 0) is 13.3 Å². The Bertz CT molecular complexity index is 140. The van der Waals surface area contributed by atoms with Crippen LogP contribution >= 0.6 is 0 Å². The van der Waals surface area contributed by atoms with Crippen LogP contribution < -0.4 is 10.6 Å². The first-order valence-electron chi connectivity index (χ1n) is 4.44. The van der Waals surface area contributed by atoms with Crippen LogP contribution in [0.3, 0.4) is 0 Å². The lowest BCUT2D eigenvalue weighted by atomic mass is 9.97. The van der Waals surface area contributed by atoms with Crippen molar-refractivity contribution >= 4 is 0 Å². The Morgan fingerprint density at radius 2 is 2.27 bits per heavy atom. The largest absolute Gasteiger partial charge is 0.375 e. The number of nitrogens with one attached hydrogen (secondary N) is 2. The first kappa shape index (κ1) is 7.53. The summed E-state index contributed by atoms with van der Waals surface area (Å²) < 4.78 is 5.65. The minimum absolute atomic E-state index is 0.458. The van der Waals surface area contributed by atoms with Gasteiger partial charge in [0.15, 0.2) is 0 Å². The predicted molar refractivity (Wildman–Crippen MR) is 43.6 cm³/mol. The zero-order chi connectivity index (χ0) is 7.68. The molecule has 2 fully saturated rings. The van der Waals surface area contributed by atoms with Crippen molar-refractivity contribution in [2.45, 2.75) is 31.5 Å². The van der Waals surface area contributed by atoms with E-state index in [4.69, 9.17) is 4.74 Å². The molecule has 0 amide bonds. The molecule has 2 aliphatic heterocycles. The predicted octanol–water partition coefficient (Wildman–Crippen LogP) is -0.275. The number of rotatable bonds is 0. The van der Waals surface area contributed by atoms with E-state index in [0.717, 1.165) is 26.1 Å². The maximum absolute atomic E-state index is 5.65. The van der Waals surface area contributed by atoms with Gasteiger partial charge in [0, 0.05) is 25.2 Å². The molecule has 2 heterocycles. The second-order valence-electron chi connectivity index (χ2n) is 3.51. The van der Waals surface area contributed by atoms with E-state index in [2.05, 4.69) is 17.6 Å². The van der Waals surface area contributed by atoms with Gasteiger partial charge in [0.05, 0.1) is 12.7 Å². The minimum atomic E-state index is 0.458. The Labute approximate surface area is 67.5 Å². The highest BCUT2D eigenvalue weighted by Gasteiger charge is 2.30. The third-order valence-corrected chi connectivity index (χ3v) is 2.56. The fraction of sp³-hybridized carbons (Fsp3) is 1.00. The number of ether oxygens (including phenoxy) is 1. The van der Waals surface area contributed by atoms with Crippen molar-refractivity contribution in [1.82, 2.24) is 10.6 Å². The molecule has 11 heavy (non-hydrogen) atoms. The summed E-state index contributed by atoms with van der Waals surface area (Å²) in [5, 5.41) is 6.89. The molecular weight excluding hydrogens is 140 g/mol. The molecule has 3 nitrogen and oxygen atoms in total. The fourth-order valence-electron chi connectivity index (χ4n) is 1.90. The maximum atomic E-state index is 5.65. The number of fused-ring (bicyclic) bond motifs is 1. The number of morpholine rings is 1. The Kier molecular flexibility index (Phi) is 2.11. The van der Waals surface area contributed by atoms with Gasteiger partial charge in [-0.25, -0.2) is 0 Å². The zero-order valence-electron chi connectivity index (χ0n) is 6.97. The van der Waals surface area contributed by atoms with Gasteiger partial charge in [-0.15, -0.1) is 0 Å². The van der Waals surface area contributed by atoms with Gasteiger partial charge in [-0.2, -0.15) is 0 Å². The van der Waals surface area contributed by atoms with Crippen LogP contribution in [0.25, 0.3) is 0 Å². The summed E-state index contributed by atoms with van der Waals surface area (Å²) in [5.41, 5.74) is 0. The average molecular weight is 156 g/mol. The minimum Gasteiger partial charge on any atom is -0.375 e. The third-order valence-electron chi connectivity index (χ3n) is 2.56. The average Bonchev–Trinajstić information content (AvgIpc) is 2.04. The smallest absolute Gasteiger partial charge is 0.0755 e. The summed E-state index contributed by atoms with van der Waals surface area (Å²) in [4.78, 5) is 0. The molecule has 0 spiro atoms. The van der Waals surface area contributed by atoms with Gasteiger partial charge in [-0.1, -0.05) is 0 Å². The highest BCUT2D eigenvalue weighted by molar-refractivity contribution is 4.90. The molecule has 2 aliphatic rings. The van der Waals surface area contributed by atoms with Crippen molar-refractivity contribution in [3.8, 4) is 0 Å². The molecule has 0 aliphatic carbocycles. The number of hydrogen-bond donors (Lipinski definition) is 2. The van der Waals surface area contributed by atoms with Gasteiger partial charge in [0.25, 0.3) is 0 Å².